The van der Waals surface area contributed by atoms with Crippen LogP contribution in [0, 0.1) is 0 Å². The van der Waals surface area contributed by atoms with Crippen molar-refractivity contribution < 1.29 is 8.83 Å². The average Bonchev–Trinajstić information content (AvgIpc) is 2.97. The molecule has 2 heterocycles. The zero-order valence-corrected chi connectivity index (χ0v) is 9.44. The number of rotatable bonds is 5. The Hall–Kier alpha value is -1.52. The Bertz CT molecular complexity index is 354. The first kappa shape index (κ1) is 11.0. The van der Waals surface area contributed by atoms with Crippen molar-refractivity contribution in [2.45, 2.75) is 12.1 Å². The number of nitrogens with one attached hydrogen (secondary N) is 2. The van der Waals surface area contributed by atoms with Crippen molar-refractivity contribution in [2.24, 2.45) is 0 Å². The summed E-state index contributed by atoms with van der Waals surface area (Å²) >= 11 is 0. The molecule has 0 spiro atoms. The summed E-state index contributed by atoms with van der Waals surface area (Å²) in [5.41, 5.74) is 0. The predicted molar refractivity (Wildman–Crippen MR) is 61.0 cm³/mol. The van der Waals surface area contributed by atoms with E-state index in [0.29, 0.717) is 0 Å². The molecule has 0 aromatic carbocycles. The van der Waals surface area contributed by atoms with Crippen LogP contribution < -0.4 is 10.6 Å². The van der Waals surface area contributed by atoms with Gasteiger partial charge in [-0.2, -0.15) is 0 Å². The minimum atomic E-state index is 0.0474. The van der Waals surface area contributed by atoms with Gasteiger partial charge in [0.25, 0.3) is 0 Å². The van der Waals surface area contributed by atoms with Gasteiger partial charge in [0.2, 0.25) is 0 Å². The molecule has 2 N–H and O–H groups in total. The average molecular weight is 220 g/mol. The van der Waals surface area contributed by atoms with E-state index < -0.39 is 0 Å². The lowest BCUT2D eigenvalue weighted by Crippen LogP contribution is -2.31. The van der Waals surface area contributed by atoms with Crippen LogP contribution in [0.4, 0.5) is 0 Å². The van der Waals surface area contributed by atoms with E-state index in [-0.39, 0.29) is 12.1 Å². The minimum absolute atomic E-state index is 0.0474. The first-order valence-electron chi connectivity index (χ1n) is 5.28. The van der Waals surface area contributed by atoms with Gasteiger partial charge in [-0.15, -0.1) is 0 Å². The third-order valence-electron chi connectivity index (χ3n) is 2.65. The van der Waals surface area contributed by atoms with E-state index in [1.54, 1.807) is 12.5 Å². The summed E-state index contributed by atoms with van der Waals surface area (Å²) in [5.74, 6) is 1.77. The van der Waals surface area contributed by atoms with Crippen molar-refractivity contribution in [1.29, 1.82) is 0 Å². The first-order chi connectivity index (χ1) is 7.86. The number of hydrogen-bond acceptors (Lipinski definition) is 4. The Morgan fingerprint density at radius 3 is 1.56 bits per heavy atom. The Labute approximate surface area is 94.6 Å². The molecule has 4 heteroatoms. The van der Waals surface area contributed by atoms with Gasteiger partial charge >= 0.3 is 0 Å². The van der Waals surface area contributed by atoms with Crippen LogP contribution in [0.15, 0.2) is 45.6 Å². The number of likely N-dealkylation sites (N-methyl/N-ethyl adjacent to an activating group) is 2. The van der Waals surface area contributed by atoms with Crippen molar-refractivity contribution in [3.05, 3.63) is 48.3 Å². The molecule has 0 saturated carbocycles. The zero-order chi connectivity index (χ0) is 11.4. The fraction of sp³-hybridized carbons (Fsp3) is 0.333. The molecule has 16 heavy (non-hydrogen) atoms. The lowest BCUT2D eigenvalue weighted by atomic mass is 10.0. The lowest BCUT2D eigenvalue weighted by molar-refractivity contribution is 0.317. The molecule has 0 aliphatic heterocycles. The molecule has 0 aliphatic carbocycles. The molecular formula is C12H16N2O2. The lowest BCUT2D eigenvalue weighted by Gasteiger charge is -2.23. The summed E-state index contributed by atoms with van der Waals surface area (Å²) in [6.07, 6.45) is 3.35. The molecule has 0 radical (unpaired) electrons. The van der Waals surface area contributed by atoms with E-state index >= 15 is 0 Å². The van der Waals surface area contributed by atoms with Crippen molar-refractivity contribution >= 4 is 0 Å². The first-order valence-corrected chi connectivity index (χ1v) is 5.28. The summed E-state index contributed by atoms with van der Waals surface area (Å²) < 4.78 is 10.8. The third kappa shape index (κ3) is 2.03. The normalized spacial score (nSPS) is 14.9. The van der Waals surface area contributed by atoms with E-state index in [1.165, 1.54) is 0 Å². The Kier molecular flexibility index (Phi) is 3.44. The minimum Gasteiger partial charge on any atom is -0.468 e. The molecule has 0 saturated heterocycles. The summed E-state index contributed by atoms with van der Waals surface area (Å²) in [7, 11) is 3.81. The molecular weight excluding hydrogens is 204 g/mol. The van der Waals surface area contributed by atoms with Crippen LogP contribution in [0.2, 0.25) is 0 Å². The summed E-state index contributed by atoms with van der Waals surface area (Å²) in [6, 6.07) is 7.77. The van der Waals surface area contributed by atoms with E-state index in [0.717, 1.165) is 11.5 Å². The van der Waals surface area contributed by atoms with Gasteiger partial charge in [-0.05, 0) is 38.4 Å². The van der Waals surface area contributed by atoms with E-state index in [4.69, 9.17) is 8.83 Å². The molecule has 0 aliphatic rings. The molecule has 2 rings (SSSR count). The molecule has 4 nitrogen and oxygen atoms in total. The fourth-order valence-electron chi connectivity index (χ4n) is 1.88. The maximum atomic E-state index is 5.42. The van der Waals surface area contributed by atoms with Crippen LogP contribution in [0.5, 0.6) is 0 Å². The van der Waals surface area contributed by atoms with Gasteiger partial charge in [0.1, 0.15) is 11.5 Å². The zero-order valence-electron chi connectivity index (χ0n) is 9.44. The fourth-order valence-corrected chi connectivity index (χ4v) is 1.88. The van der Waals surface area contributed by atoms with Gasteiger partial charge in [0.15, 0.2) is 0 Å². The summed E-state index contributed by atoms with van der Waals surface area (Å²) in [4.78, 5) is 0. The van der Waals surface area contributed by atoms with Crippen molar-refractivity contribution in [2.75, 3.05) is 14.1 Å². The maximum absolute atomic E-state index is 5.42. The number of furan rings is 2. The standard InChI is InChI=1S/C12H16N2O2/c1-13-11(9-5-3-7-15-9)12(14-2)10-6-4-8-16-10/h3-8,11-14H,1-2H3/t11-,12-/m0/s1. The van der Waals surface area contributed by atoms with Crippen molar-refractivity contribution in [1.82, 2.24) is 10.6 Å². The van der Waals surface area contributed by atoms with Gasteiger partial charge in [-0.1, -0.05) is 0 Å². The monoisotopic (exact) mass is 220 g/mol. The van der Waals surface area contributed by atoms with Gasteiger partial charge in [-0.3, -0.25) is 0 Å². The molecule has 0 unspecified atom stereocenters. The molecule has 0 amide bonds. The highest BCUT2D eigenvalue weighted by Crippen LogP contribution is 2.28. The largest absolute Gasteiger partial charge is 0.468 e. The highest BCUT2D eigenvalue weighted by Gasteiger charge is 2.26. The van der Waals surface area contributed by atoms with Crippen molar-refractivity contribution in [3.63, 3.8) is 0 Å². The summed E-state index contributed by atoms with van der Waals surface area (Å²) in [6.45, 7) is 0. The highest BCUT2D eigenvalue weighted by atomic mass is 16.3. The predicted octanol–water partition coefficient (Wildman–Crippen LogP) is 2.09. The van der Waals surface area contributed by atoms with Gasteiger partial charge in [0.05, 0.1) is 24.6 Å². The third-order valence-corrected chi connectivity index (χ3v) is 2.65. The van der Waals surface area contributed by atoms with Crippen LogP contribution in [0.1, 0.15) is 23.6 Å². The van der Waals surface area contributed by atoms with Crippen molar-refractivity contribution in [3.8, 4) is 0 Å². The Balaban J connectivity index is 2.25. The smallest absolute Gasteiger partial charge is 0.122 e. The Morgan fingerprint density at radius 2 is 1.31 bits per heavy atom. The van der Waals surface area contributed by atoms with Crippen LogP contribution in [0.25, 0.3) is 0 Å². The van der Waals surface area contributed by atoms with E-state index in [9.17, 15) is 0 Å². The maximum Gasteiger partial charge on any atom is 0.122 e. The SMILES string of the molecule is CN[C@@H](c1ccco1)[C@@H](NC)c1ccco1. The van der Waals surface area contributed by atoms with Gasteiger partial charge in [0, 0.05) is 0 Å². The molecule has 2 aromatic rings. The van der Waals surface area contributed by atoms with Crippen LogP contribution >= 0.6 is 0 Å². The highest BCUT2D eigenvalue weighted by molar-refractivity contribution is 5.14. The molecule has 2 aromatic heterocycles. The second kappa shape index (κ2) is 5.01. The molecule has 0 bridgehead atoms. The second-order valence-corrected chi connectivity index (χ2v) is 3.56. The molecule has 86 valence electrons. The van der Waals surface area contributed by atoms with E-state index in [1.807, 2.05) is 38.4 Å². The van der Waals surface area contributed by atoms with Crippen LogP contribution in [-0.4, -0.2) is 14.1 Å². The quantitative estimate of drug-likeness (QED) is 0.810. The molecule has 0 fully saturated rings. The van der Waals surface area contributed by atoms with Crippen LogP contribution in [-0.2, 0) is 0 Å². The van der Waals surface area contributed by atoms with Crippen LogP contribution in [0.3, 0.4) is 0 Å². The second-order valence-electron chi connectivity index (χ2n) is 3.56. The topological polar surface area (TPSA) is 50.3 Å². The summed E-state index contributed by atoms with van der Waals surface area (Å²) in [5, 5.41) is 6.46. The number of hydrogen-bond donors (Lipinski definition) is 2. The Morgan fingerprint density at radius 1 is 0.875 bits per heavy atom. The molecule has 2 atom stereocenters. The van der Waals surface area contributed by atoms with Gasteiger partial charge < -0.3 is 19.5 Å². The van der Waals surface area contributed by atoms with Gasteiger partial charge in [-0.25, -0.2) is 0 Å². The van der Waals surface area contributed by atoms with E-state index in [2.05, 4.69) is 10.6 Å².